The van der Waals surface area contributed by atoms with Crippen molar-refractivity contribution in [2.45, 2.75) is 19.4 Å². The van der Waals surface area contributed by atoms with Crippen LogP contribution in [0.2, 0.25) is 5.02 Å². The van der Waals surface area contributed by atoms with E-state index in [0.29, 0.717) is 28.8 Å². The van der Waals surface area contributed by atoms with Crippen LogP contribution >= 0.6 is 11.6 Å². The molecule has 0 saturated heterocycles. The van der Waals surface area contributed by atoms with E-state index in [0.717, 1.165) is 11.1 Å². The molecule has 0 aliphatic rings. The fourth-order valence-electron chi connectivity index (χ4n) is 3.94. The number of ether oxygens (including phenoxy) is 2. The Kier molecular flexibility index (Phi) is 8.09. The number of methoxy groups -OCH3 is 1. The van der Waals surface area contributed by atoms with Crippen molar-refractivity contribution in [2.24, 2.45) is 5.73 Å². The van der Waals surface area contributed by atoms with E-state index in [-0.39, 0.29) is 29.2 Å². The second-order valence-corrected chi connectivity index (χ2v) is 9.05. The number of primary amides is 1. The van der Waals surface area contributed by atoms with Gasteiger partial charge in [0.1, 0.15) is 6.61 Å². The molecule has 4 aromatic rings. The first-order chi connectivity index (χ1) is 18.2. The molecule has 1 unspecified atom stereocenters. The van der Waals surface area contributed by atoms with Crippen LogP contribution in [0.3, 0.4) is 0 Å². The monoisotopic (exact) mass is 534 g/mol. The number of benzene rings is 2. The quantitative estimate of drug-likeness (QED) is 0.313. The molecular weight excluding hydrogens is 508 g/mol. The van der Waals surface area contributed by atoms with Crippen LogP contribution in [0.15, 0.2) is 67.0 Å². The van der Waals surface area contributed by atoms with Gasteiger partial charge in [-0.25, -0.2) is 9.31 Å². The number of anilines is 1. The Labute approximate surface area is 224 Å². The number of carbonyl (C=O) groups is 3. The number of hydrogen-bond acceptors (Lipinski definition) is 6. The number of carbonyl (C=O) groups excluding carboxylic acids is 3. The average Bonchev–Trinajstić information content (AvgIpc) is 3.36. The Balaban J connectivity index is 1.59. The number of rotatable bonds is 9. The Morgan fingerprint density at radius 2 is 1.82 bits per heavy atom. The summed E-state index contributed by atoms with van der Waals surface area (Å²) >= 11 is 6.26. The molecule has 196 valence electrons. The zero-order valence-electron chi connectivity index (χ0n) is 21.2. The van der Waals surface area contributed by atoms with Crippen molar-refractivity contribution >= 4 is 40.6 Å². The van der Waals surface area contributed by atoms with E-state index in [1.165, 1.54) is 11.0 Å². The van der Waals surface area contributed by atoms with Gasteiger partial charge in [0.05, 0.1) is 28.4 Å². The first-order valence-corrected chi connectivity index (χ1v) is 12.3. The summed E-state index contributed by atoms with van der Waals surface area (Å²) in [4.78, 5) is 38.9. The summed E-state index contributed by atoms with van der Waals surface area (Å²) in [6.45, 7) is 2.03. The lowest BCUT2D eigenvalue weighted by Gasteiger charge is -2.19. The molecule has 0 bridgehead atoms. The molecule has 0 aliphatic heterocycles. The Morgan fingerprint density at radius 3 is 2.47 bits per heavy atom. The van der Waals surface area contributed by atoms with Gasteiger partial charge in [-0.1, -0.05) is 30.7 Å². The summed E-state index contributed by atoms with van der Waals surface area (Å²) in [7, 11) is 3.17. The van der Waals surface area contributed by atoms with Crippen LogP contribution in [0.4, 0.5) is 5.69 Å². The van der Waals surface area contributed by atoms with Crippen LogP contribution in [0.25, 0.3) is 16.6 Å². The minimum atomic E-state index is -0.596. The number of nitrogens with two attached hydrogens (primary N) is 1. The van der Waals surface area contributed by atoms with E-state index in [1.807, 2.05) is 6.92 Å². The predicted molar refractivity (Wildman–Crippen MR) is 145 cm³/mol. The average molecular weight is 535 g/mol. The van der Waals surface area contributed by atoms with Crippen LogP contribution in [0, 0.1) is 0 Å². The summed E-state index contributed by atoms with van der Waals surface area (Å²) in [6, 6.07) is 15.0. The fraction of sp³-hybridized carbons (Fsp3) is 0.214. The van der Waals surface area contributed by atoms with Gasteiger partial charge in [0.25, 0.3) is 5.91 Å². The highest BCUT2D eigenvalue weighted by atomic mass is 35.5. The first-order valence-electron chi connectivity index (χ1n) is 11.9. The van der Waals surface area contributed by atoms with Crippen molar-refractivity contribution in [1.82, 2.24) is 9.61 Å². The molecule has 0 spiro atoms. The minimum absolute atomic E-state index is 0.0973. The van der Waals surface area contributed by atoms with Gasteiger partial charge in [0.15, 0.2) is 0 Å². The maximum Gasteiger partial charge on any atom is 0.339 e. The van der Waals surface area contributed by atoms with Gasteiger partial charge >= 0.3 is 5.97 Å². The van der Waals surface area contributed by atoms with Crippen molar-refractivity contribution in [3.8, 4) is 11.1 Å². The van der Waals surface area contributed by atoms with Gasteiger partial charge < -0.3 is 20.1 Å². The Morgan fingerprint density at radius 1 is 1.08 bits per heavy atom. The van der Waals surface area contributed by atoms with Crippen molar-refractivity contribution in [1.29, 1.82) is 0 Å². The molecule has 0 fully saturated rings. The third kappa shape index (κ3) is 5.53. The predicted octanol–water partition coefficient (Wildman–Crippen LogP) is 4.61. The molecule has 2 aromatic heterocycles. The van der Waals surface area contributed by atoms with Gasteiger partial charge in [-0.15, -0.1) is 0 Å². The maximum atomic E-state index is 13.4. The number of nitrogens with zero attached hydrogens (tertiary/aromatic N) is 3. The molecular formula is C28H27ClN4O5. The fourth-order valence-corrected chi connectivity index (χ4v) is 4.13. The molecule has 1 atom stereocenters. The third-order valence-electron chi connectivity index (χ3n) is 6.30. The number of aromatic nitrogens is 2. The molecule has 9 nitrogen and oxygen atoms in total. The third-order valence-corrected chi connectivity index (χ3v) is 6.63. The van der Waals surface area contributed by atoms with Gasteiger partial charge in [-0.2, -0.15) is 5.10 Å². The molecule has 2 aromatic carbocycles. The largest absolute Gasteiger partial charge is 0.459 e. The van der Waals surface area contributed by atoms with Crippen molar-refractivity contribution in [2.75, 3.05) is 25.7 Å². The summed E-state index contributed by atoms with van der Waals surface area (Å²) in [5.41, 5.74) is 9.10. The van der Waals surface area contributed by atoms with E-state index in [1.54, 1.807) is 79.6 Å². The maximum absolute atomic E-state index is 13.4. The van der Waals surface area contributed by atoms with Gasteiger partial charge in [0, 0.05) is 42.7 Å². The summed E-state index contributed by atoms with van der Waals surface area (Å²) in [5.74, 6) is -1.40. The summed E-state index contributed by atoms with van der Waals surface area (Å²) in [5, 5.41) is 4.58. The normalized spacial score (nSPS) is 11.8. The van der Waals surface area contributed by atoms with Crippen molar-refractivity contribution < 1.29 is 23.9 Å². The van der Waals surface area contributed by atoms with Crippen molar-refractivity contribution in [3.63, 3.8) is 0 Å². The van der Waals surface area contributed by atoms with Crippen LogP contribution in [0.5, 0.6) is 0 Å². The SMILES string of the molecule is CCC(COC(=O)c1cc(N(C)C(=O)c2ccn3ncc(-c4ccc(C(N)=O)cc4)c3c2)ccc1Cl)OC. The van der Waals surface area contributed by atoms with E-state index in [4.69, 9.17) is 26.8 Å². The molecule has 0 aliphatic carbocycles. The zero-order valence-corrected chi connectivity index (χ0v) is 21.9. The van der Waals surface area contributed by atoms with Crippen LogP contribution in [-0.2, 0) is 9.47 Å². The highest BCUT2D eigenvalue weighted by Gasteiger charge is 2.20. The van der Waals surface area contributed by atoms with Crippen LogP contribution in [0.1, 0.15) is 44.4 Å². The standard InChI is InChI=1S/C28H27ClN4O5/c1-4-21(37-3)16-38-28(36)22-14-20(9-10-24(22)29)32(2)27(35)19-11-12-33-25(13-19)23(15-31-33)17-5-7-18(8-6-17)26(30)34/h5-15,21H,4,16H2,1-3H3,(H2,30,34). The first kappa shape index (κ1) is 26.8. The summed E-state index contributed by atoms with van der Waals surface area (Å²) < 4.78 is 12.3. The molecule has 2 N–H and O–H groups in total. The second-order valence-electron chi connectivity index (χ2n) is 8.64. The minimum Gasteiger partial charge on any atom is -0.459 e. The molecule has 2 heterocycles. The number of halogens is 1. The van der Waals surface area contributed by atoms with E-state index >= 15 is 0 Å². The van der Waals surface area contributed by atoms with E-state index in [2.05, 4.69) is 5.10 Å². The van der Waals surface area contributed by atoms with E-state index < -0.39 is 11.9 Å². The van der Waals surface area contributed by atoms with Crippen LogP contribution in [-0.4, -0.2) is 54.3 Å². The highest BCUT2D eigenvalue weighted by Crippen LogP contribution is 2.28. The Hall–Kier alpha value is -4.21. The molecule has 0 saturated carbocycles. The second kappa shape index (κ2) is 11.5. The van der Waals surface area contributed by atoms with Crippen LogP contribution < -0.4 is 10.6 Å². The lowest BCUT2D eigenvalue weighted by atomic mass is 10.0. The highest BCUT2D eigenvalue weighted by molar-refractivity contribution is 6.33. The Bertz CT molecular complexity index is 1500. The van der Waals surface area contributed by atoms with E-state index in [9.17, 15) is 14.4 Å². The number of fused-ring (bicyclic) bond motifs is 1. The summed E-state index contributed by atoms with van der Waals surface area (Å²) in [6.07, 6.45) is 3.87. The molecule has 0 radical (unpaired) electrons. The number of hydrogen-bond donors (Lipinski definition) is 1. The smallest absolute Gasteiger partial charge is 0.339 e. The lowest BCUT2D eigenvalue weighted by molar-refractivity contribution is 0.00973. The van der Waals surface area contributed by atoms with Gasteiger partial charge in [-0.05, 0) is 54.4 Å². The topological polar surface area (TPSA) is 116 Å². The zero-order chi connectivity index (χ0) is 27.4. The molecule has 10 heteroatoms. The van der Waals surface area contributed by atoms with Gasteiger partial charge in [0.2, 0.25) is 5.91 Å². The number of pyridine rings is 1. The lowest BCUT2D eigenvalue weighted by Crippen LogP contribution is -2.26. The van der Waals surface area contributed by atoms with Crippen molar-refractivity contribution in [3.05, 3.63) is 88.7 Å². The van der Waals surface area contributed by atoms with Gasteiger partial charge in [-0.3, -0.25) is 9.59 Å². The number of esters is 1. The number of amides is 2. The molecule has 4 rings (SSSR count). The molecule has 2 amide bonds. The molecule has 38 heavy (non-hydrogen) atoms.